The van der Waals surface area contributed by atoms with Crippen molar-refractivity contribution in [1.29, 1.82) is 0 Å². The van der Waals surface area contributed by atoms with Gasteiger partial charge in [-0.1, -0.05) is 11.6 Å². The fraction of sp³-hybridized carbons (Fsp3) is 0.692. The van der Waals surface area contributed by atoms with Crippen LogP contribution in [0, 0.1) is 0 Å². The summed E-state index contributed by atoms with van der Waals surface area (Å²) in [5.41, 5.74) is 0. The van der Waals surface area contributed by atoms with Gasteiger partial charge in [-0.2, -0.15) is 0 Å². The van der Waals surface area contributed by atoms with Crippen LogP contribution in [0.25, 0.3) is 0 Å². The molecule has 1 atom stereocenters. The highest BCUT2D eigenvalue weighted by Crippen LogP contribution is 2.21. The maximum atomic E-state index is 5.90. The van der Waals surface area contributed by atoms with Crippen molar-refractivity contribution >= 4 is 22.9 Å². The van der Waals surface area contributed by atoms with E-state index in [1.807, 2.05) is 6.07 Å². The highest BCUT2D eigenvalue weighted by atomic mass is 35.5. The lowest BCUT2D eigenvalue weighted by Gasteiger charge is -2.35. The van der Waals surface area contributed by atoms with E-state index in [0.717, 1.165) is 37.1 Å². The Morgan fingerprint density at radius 1 is 1.56 bits per heavy atom. The first kappa shape index (κ1) is 14.3. The molecular weight excluding hydrogens is 268 g/mol. The summed E-state index contributed by atoms with van der Waals surface area (Å²) in [5, 5.41) is 3.44. The molecule has 1 aliphatic heterocycles. The molecule has 18 heavy (non-hydrogen) atoms. The molecule has 3 nitrogen and oxygen atoms in total. The van der Waals surface area contributed by atoms with Crippen molar-refractivity contribution < 1.29 is 4.74 Å². The Morgan fingerprint density at radius 2 is 2.39 bits per heavy atom. The van der Waals surface area contributed by atoms with Crippen LogP contribution in [0.4, 0.5) is 0 Å². The molecule has 102 valence electrons. The van der Waals surface area contributed by atoms with Gasteiger partial charge in [0.15, 0.2) is 0 Å². The van der Waals surface area contributed by atoms with E-state index in [-0.39, 0.29) is 0 Å². The van der Waals surface area contributed by atoms with Crippen LogP contribution in [0.3, 0.4) is 0 Å². The average molecular weight is 289 g/mol. The van der Waals surface area contributed by atoms with Crippen LogP contribution in [0.2, 0.25) is 4.34 Å². The van der Waals surface area contributed by atoms with Gasteiger partial charge in [0.1, 0.15) is 0 Å². The third kappa shape index (κ3) is 4.21. The summed E-state index contributed by atoms with van der Waals surface area (Å²) in [6, 6.07) is 4.62. The zero-order valence-electron chi connectivity index (χ0n) is 11.0. The highest BCUT2D eigenvalue weighted by Gasteiger charge is 2.21. The molecule has 0 aliphatic carbocycles. The van der Waals surface area contributed by atoms with E-state index < -0.39 is 0 Å². The predicted octanol–water partition coefficient (Wildman–Crippen LogP) is 2.60. The molecule has 1 saturated heterocycles. The van der Waals surface area contributed by atoms with Crippen molar-refractivity contribution in [3.8, 4) is 0 Å². The minimum atomic E-state index is 0.302. The van der Waals surface area contributed by atoms with Gasteiger partial charge in [0.2, 0.25) is 0 Å². The second-order valence-electron chi connectivity index (χ2n) is 4.92. The van der Waals surface area contributed by atoms with Gasteiger partial charge < -0.3 is 10.1 Å². The van der Waals surface area contributed by atoms with E-state index >= 15 is 0 Å². The second kappa shape index (κ2) is 6.87. The van der Waals surface area contributed by atoms with Crippen LogP contribution in [-0.4, -0.2) is 43.3 Å². The van der Waals surface area contributed by atoms with E-state index in [1.54, 1.807) is 11.3 Å². The molecule has 0 saturated carbocycles. The van der Waals surface area contributed by atoms with Crippen molar-refractivity contribution in [1.82, 2.24) is 10.2 Å². The molecule has 1 N–H and O–H groups in total. The number of nitrogens with zero attached hydrogens (tertiary/aromatic N) is 1. The standard InChI is InChI=1S/C13H21ClN2OS/c1-10(2)16-5-6-17-11(9-16)7-15-8-12-3-4-13(14)18-12/h3-4,10-11,15H,5-9H2,1-2H3. The summed E-state index contributed by atoms with van der Waals surface area (Å²) in [5.74, 6) is 0. The molecule has 0 aromatic carbocycles. The first-order chi connectivity index (χ1) is 8.65. The Balaban J connectivity index is 1.70. The Labute approximate surface area is 118 Å². The summed E-state index contributed by atoms with van der Waals surface area (Å²) in [6.07, 6.45) is 0.302. The molecule has 0 amide bonds. The second-order valence-corrected chi connectivity index (χ2v) is 6.72. The number of morpholine rings is 1. The summed E-state index contributed by atoms with van der Waals surface area (Å²) < 4.78 is 6.63. The Hall–Kier alpha value is -0.130. The Morgan fingerprint density at radius 3 is 3.06 bits per heavy atom. The van der Waals surface area contributed by atoms with Crippen LogP contribution in [0.5, 0.6) is 0 Å². The lowest BCUT2D eigenvalue weighted by atomic mass is 10.2. The molecule has 1 aromatic rings. The van der Waals surface area contributed by atoms with E-state index in [4.69, 9.17) is 16.3 Å². The van der Waals surface area contributed by atoms with Crippen LogP contribution in [0.1, 0.15) is 18.7 Å². The third-order valence-electron chi connectivity index (χ3n) is 3.20. The van der Waals surface area contributed by atoms with Gasteiger partial charge >= 0.3 is 0 Å². The molecule has 1 aliphatic rings. The molecular formula is C13H21ClN2OS. The Bertz CT molecular complexity index is 370. The van der Waals surface area contributed by atoms with Crippen molar-refractivity contribution in [3.63, 3.8) is 0 Å². The smallest absolute Gasteiger partial charge is 0.0931 e. The van der Waals surface area contributed by atoms with Crippen molar-refractivity contribution in [2.24, 2.45) is 0 Å². The van der Waals surface area contributed by atoms with Gasteiger partial charge in [0.25, 0.3) is 0 Å². The fourth-order valence-corrected chi connectivity index (χ4v) is 3.19. The number of rotatable bonds is 5. The normalized spacial score (nSPS) is 21.7. The quantitative estimate of drug-likeness (QED) is 0.901. The van der Waals surface area contributed by atoms with E-state index in [9.17, 15) is 0 Å². The number of nitrogens with one attached hydrogen (secondary N) is 1. The van der Waals surface area contributed by atoms with Crippen molar-refractivity contribution in [2.75, 3.05) is 26.2 Å². The summed E-state index contributed by atoms with van der Waals surface area (Å²) in [7, 11) is 0. The maximum absolute atomic E-state index is 5.90. The molecule has 2 heterocycles. The van der Waals surface area contributed by atoms with Gasteiger partial charge in [-0.15, -0.1) is 11.3 Å². The van der Waals surface area contributed by atoms with Crippen LogP contribution in [-0.2, 0) is 11.3 Å². The van der Waals surface area contributed by atoms with Crippen LogP contribution in [0.15, 0.2) is 12.1 Å². The van der Waals surface area contributed by atoms with Gasteiger partial charge in [0.05, 0.1) is 17.0 Å². The predicted molar refractivity (Wildman–Crippen MR) is 77.5 cm³/mol. The van der Waals surface area contributed by atoms with Gasteiger partial charge in [-0.05, 0) is 26.0 Å². The molecule has 0 radical (unpaired) electrons. The highest BCUT2D eigenvalue weighted by molar-refractivity contribution is 7.16. The molecule has 5 heteroatoms. The van der Waals surface area contributed by atoms with Gasteiger partial charge in [0, 0.05) is 37.1 Å². The number of thiophene rings is 1. The van der Waals surface area contributed by atoms with E-state index in [1.165, 1.54) is 4.88 Å². The van der Waals surface area contributed by atoms with Crippen LogP contribution >= 0.6 is 22.9 Å². The van der Waals surface area contributed by atoms with Crippen LogP contribution < -0.4 is 5.32 Å². The summed E-state index contributed by atoms with van der Waals surface area (Å²) in [6.45, 7) is 9.17. The van der Waals surface area contributed by atoms with Gasteiger partial charge in [-0.25, -0.2) is 0 Å². The van der Waals surface area contributed by atoms with Crippen molar-refractivity contribution in [3.05, 3.63) is 21.3 Å². The average Bonchev–Trinajstić information content (AvgIpc) is 2.75. The van der Waals surface area contributed by atoms with E-state index in [0.29, 0.717) is 12.1 Å². The minimum absolute atomic E-state index is 0.302. The SMILES string of the molecule is CC(C)N1CCOC(CNCc2ccc(Cl)s2)C1. The topological polar surface area (TPSA) is 24.5 Å². The van der Waals surface area contributed by atoms with Crippen molar-refractivity contribution in [2.45, 2.75) is 32.5 Å². The number of halogens is 1. The first-order valence-electron chi connectivity index (χ1n) is 6.45. The molecule has 0 spiro atoms. The molecule has 1 unspecified atom stereocenters. The third-order valence-corrected chi connectivity index (χ3v) is 4.43. The lowest BCUT2D eigenvalue weighted by molar-refractivity contribution is -0.0372. The zero-order valence-corrected chi connectivity index (χ0v) is 12.6. The number of ether oxygens (including phenoxy) is 1. The fourth-order valence-electron chi connectivity index (χ4n) is 2.14. The lowest BCUT2D eigenvalue weighted by Crippen LogP contribution is -2.48. The monoisotopic (exact) mass is 288 g/mol. The molecule has 1 fully saturated rings. The maximum Gasteiger partial charge on any atom is 0.0931 e. The Kier molecular flexibility index (Phi) is 5.45. The summed E-state index contributed by atoms with van der Waals surface area (Å²) in [4.78, 5) is 3.74. The van der Waals surface area contributed by atoms with E-state index in [2.05, 4.69) is 30.1 Å². The first-order valence-corrected chi connectivity index (χ1v) is 7.65. The molecule has 0 bridgehead atoms. The molecule has 1 aromatic heterocycles. The number of hydrogen-bond donors (Lipinski definition) is 1. The molecule has 2 rings (SSSR count). The zero-order chi connectivity index (χ0) is 13.0. The number of hydrogen-bond acceptors (Lipinski definition) is 4. The largest absolute Gasteiger partial charge is 0.374 e. The summed E-state index contributed by atoms with van der Waals surface area (Å²) >= 11 is 7.53. The minimum Gasteiger partial charge on any atom is -0.374 e. The van der Waals surface area contributed by atoms with Gasteiger partial charge in [-0.3, -0.25) is 4.90 Å².